The Morgan fingerprint density at radius 2 is 1.67 bits per heavy atom. The highest BCUT2D eigenvalue weighted by Gasteiger charge is 2.46. The van der Waals surface area contributed by atoms with Crippen molar-refractivity contribution in [1.29, 1.82) is 0 Å². The number of alkyl halides is 3. The van der Waals surface area contributed by atoms with E-state index in [0.717, 1.165) is 17.8 Å². The van der Waals surface area contributed by atoms with Gasteiger partial charge in [-0.05, 0) is 43.3 Å². The Labute approximate surface area is 153 Å². The van der Waals surface area contributed by atoms with E-state index in [-0.39, 0.29) is 6.04 Å². The minimum absolute atomic E-state index is 0.299. The number of anilines is 1. The third-order valence-corrected chi connectivity index (χ3v) is 5.33. The van der Waals surface area contributed by atoms with Gasteiger partial charge in [-0.25, -0.2) is 13.1 Å². The number of halogens is 3. The standard InChI is InChI=1S/C17H15F3N4O2S/c1-12(16-11-24(23-22-16)14-5-3-2-4-6-14)21-13-7-9-15(10-8-13)27(25,26)17(18,19)20/h2-12,21H,1H3. The zero-order chi connectivity index (χ0) is 19.7. The molecule has 0 aliphatic rings. The van der Waals surface area contributed by atoms with Crippen LogP contribution in [0.5, 0.6) is 0 Å². The maximum Gasteiger partial charge on any atom is 0.501 e. The van der Waals surface area contributed by atoms with E-state index in [1.54, 1.807) is 17.8 Å². The summed E-state index contributed by atoms with van der Waals surface area (Å²) in [5, 5.41) is 11.2. The molecule has 27 heavy (non-hydrogen) atoms. The first kappa shape index (κ1) is 18.9. The molecule has 0 amide bonds. The number of nitrogens with zero attached hydrogens (tertiary/aromatic N) is 3. The molecule has 3 rings (SSSR count). The molecule has 1 aromatic heterocycles. The molecule has 0 fully saturated rings. The van der Waals surface area contributed by atoms with E-state index in [1.807, 2.05) is 30.3 Å². The van der Waals surface area contributed by atoms with Crippen molar-refractivity contribution in [2.45, 2.75) is 23.4 Å². The van der Waals surface area contributed by atoms with Crippen LogP contribution in [-0.2, 0) is 9.84 Å². The van der Waals surface area contributed by atoms with Crippen molar-refractivity contribution < 1.29 is 21.6 Å². The minimum Gasteiger partial charge on any atom is -0.377 e. The molecule has 0 saturated carbocycles. The zero-order valence-electron chi connectivity index (χ0n) is 14.1. The van der Waals surface area contributed by atoms with Crippen molar-refractivity contribution in [3.05, 3.63) is 66.5 Å². The summed E-state index contributed by atoms with van der Waals surface area (Å²) in [7, 11) is -5.35. The monoisotopic (exact) mass is 396 g/mol. The molecule has 10 heteroatoms. The highest BCUT2D eigenvalue weighted by molar-refractivity contribution is 7.92. The Morgan fingerprint density at radius 3 is 2.26 bits per heavy atom. The summed E-state index contributed by atoms with van der Waals surface area (Å²) in [6.45, 7) is 1.81. The lowest BCUT2D eigenvalue weighted by atomic mass is 10.2. The molecule has 0 spiro atoms. The molecule has 1 N–H and O–H groups in total. The Morgan fingerprint density at radius 1 is 1.04 bits per heavy atom. The molecule has 0 aliphatic carbocycles. The molecule has 1 unspecified atom stereocenters. The maximum absolute atomic E-state index is 12.6. The van der Waals surface area contributed by atoms with Gasteiger partial charge in [0.05, 0.1) is 22.8 Å². The summed E-state index contributed by atoms with van der Waals surface area (Å²) >= 11 is 0. The van der Waals surface area contributed by atoms with Crippen molar-refractivity contribution in [2.24, 2.45) is 0 Å². The number of benzene rings is 2. The molecule has 0 aliphatic heterocycles. The van der Waals surface area contributed by atoms with E-state index in [4.69, 9.17) is 0 Å². The van der Waals surface area contributed by atoms with Gasteiger partial charge >= 0.3 is 5.51 Å². The quantitative estimate of drug-likeness (QED) is 0.711. The van der Waals surface area contributed by atoms with Gasteiger partial charge in [0, 0.05) is 5.69 Å². The summed E-state index contributed by atoms with van der Waals surface area (Å²) in [4.78, 5) is -0.803. The number of hydrogen-bond donors (Lipinski definition) is 1. The Kier molecular flexibility index (Phi) is 4.92. The Balaban J connectivity index is 1.74. The average Bonchev–Trinajstić information content (AvgIpc) is 3.12. The molecule has 1 heterocycles. The van der Waals surface area contributed by atoms with Gasteiger partial charge in [-0.15, -0.1) is 5.10 Å². The van der Waals surface area contributed by atoms with E-state index in [2.05, 4.69) is 15.6 Å². The summed E-state index contributed by atoms with van der Waals surface area (Å²) in [6.07, 6.45) is 1.73. The lowest BCUT2D eigenvalue weighted by Crippen LogP contribution is -2.23. The second kappa shape index (κ2) is 7.03. The summed E-state index contributed by atoms with van der Waals surface area (Å²) < 4.78 is 62.1. The van der Waals surface area contributed by atoms with Crippen molar-refractivity contribution in [1.82, 2.24) is 15.0 Å². The lowest BCUT2D eigenvalue weighted by Gasteiger charge is -2.13. The Bertz CT molecular complexity index is 1020. The summed E-state index contributed by atoms with van der Waals surface area (Å²) in [6, 6.07) is 13.4. The third kappa shape index (κ3) is 3.95. The predicted octanol–water partition coefficient (Wildman–Crippen LogP) is 3.73. The third-order valence-electron chi connectivity index (χ3n) is 3.83. The van der Waals surface area contributed by atoms with Crippen molar-refractivity contribution in [3.63, 3.8) is 0 Å². The lowest BCUT2D eigenvalue weighted by molar-refractivity contribution is -0.0436. The van der Waals surface area contributed by atoms with Crippen LogP contribution in [0.1, 0.15) is 18.7 Å². The first-order valence-corrected chi connectivity index (χ1v) is 9.32. The highest BCUT2D eigenvalue weighted by Crippen LogP contribution is 2.31. The van der Waals surface area contributed by atoms with Gasteiger partial charge in [0.1, 0.15) is 5.69 Å². The number of nitrogens with one attached hydrogen (secondary N) is 1. The van der Waals surface area contributed by atoms with Crippen LogP contribution in [0.2, 0.25) is 0 Å². The van der Waals surface area contributed by atoms with Gasteiger partial charge in [0.15, 0.2) is 0 Å². The topological polar surface area (TPSA) is 76.9 Å². The molecule has 6 nitrogen and oxygen atoms in total. The van der Waals surface area contributed by atoms with Crippen LogP contribution in [0.25, 0.3) is 5.69 Å². The first-order valence-electron chi connectivity index (χ1n) is 7.84. The molecular formula is C17H15F3N4O2S. The van der Waals surface area contributed by atoms with Crippen LogP contribution in [0.3, 0.4) is 0 Å². The van der Waals surface area contributed by atoms with Crippen LogP contribution in [0.4, 0.5) is 18.9 Å². The molecule has 1 atom stereocenters. The fourth-order valence-corrected chi connectivity index (χ4v) is 3.13. The minimum atomic E-state index is -5.35. The van der Waals surface area contributed by atoms with Gasteiger partial charge < -0.3 is 5.32 Å². The van der Waals surface area contributed by atoms with Gasteiger partial charge in [0.25, 0.3) is 9.84 Å². The number of para-hydroxylation sites is 1. The second-order valence-electron chi connectivity index (χ2n) is 5.76. The van der Waals surface area contributed by atoms with Crippen molar-refractivity contribution in [2.75, 3.05) is 5.32 Å². The van der Waals surface area contributed by atoms with E-state index >= 15 is 0 Å². The fourth-order valence-electron chi connectivity index (χ4n) is 2.37. The van der Waals surface area contributed by atoms with Gasteiger partial charge in [0.2, 0.25) is 0 Å². The van der Waals surface area contributed by atoms with Crippen molar-refractivity contribution >= 4 is 15.5 Å². The van der Waals surface area contributed by atoms with Gasteiger partial charge in [-0.3, -0.25) is 0 Å². The van der Waals surface area contributed by atoms with Gasteiger partial charge in [-0.1, -0.05) is 23.4 Å². The molecule has 142 valence electrons. The number of sulfone groups is 1. The molecule has 3 aromatic rings. The first-order chi connectivity index (χ1) is 12.7. The SMILES string of the molecule is CC(Nc1ccc(S(=O)(=O)C(F)(F)F)cc1)c1cn(-c2ccccc2)nn1. The van der Waals surface area contributed by atoms with E-state index in [1.165, 1.54) is 12.1 Å². The highest BCUT2D eigenvalue weighted by atomic mass is 32.2. The van der Waals surface area contributed by atoms with Gasteiger partial charge in [-0.2, -0.15) is 13.2 Å². The summed E-state index contributed by atoms with van der Waals surface area (Å²) in [5.74, 6) is 0. The predicted molar refractivity (Wildman–Crippen MR) is 93.1 cm³/mol. The van der Waals surface area contributed by atoms with Crippen LogP contribution in [0, 0.1) is 0 Å². The number of aromatic nitrogens is 3. The second-order valence-corrected chi connectivity index (χ2v) is 7.70. The van der Waals surface area contributed by atoms with E-state index in [0.29, 0.717) is 11.4 Å². The molecule has 0 saturated heterocycles. The average molecular weight is 396 g/mol. The zero-order valence-corrected chi connectivity index (χ0v) is 14.9. The van der Waals surface area contributed by atoms with Crippen LogP contribution >= 0.6 is 0 Å². The Hall–Kier alpha value is -2.88. The van der Waals surface area contributed by atoms with Crippen LogP contribution in [-0.4, -0.2) is 28.9 Å². The van der Waals surface area contributed by atoms with E-state index in [9.17, 15) is 21.6 Å². The van der Waals surface area contributed by atoms with Crippen molar-refractivity contribution in [3.8, 4) is 5.69 Å². The molecule has 0 bridgehead atoms. The maximum atomic E-state index is 12.6. The molecule has 0 radical (unpaired) electrons. The normalized spacial score (nSPS) is 13.3. The largest absolute Gasteiger partial charge is 0.501 e. The molecular weight excluding hydrogens is 381 g/mol. The number of hydrogen-bond acceptors (Lipinski definition) is 5. The molecule has 2 aromatic carbocycles. The smallest absolute Gasteiger partial charge is 0.377 e. The fraction of sp³-hybridized carbons (Fsp3) is 0.176. The van der Waals surface area contributed by atoms with Crippen LogP contribution in [0.15, 0.2) is 65.7 Å². The van der Waals surface area contributed by atoms with E-state index < -0.39 is 20.2 Å². The van der Waals surface area contributed by atoms with Crippen LogP contribution < -0.4 is 5.32 Å². The summed E-state index contributed by atoms with van der Waals surface area (Å²) in [5.41, 5.74) is -3.42. The number of rotatable bonds is 5.